The van der Waals surface area contributed by atoms with Gasteiger partial charge in [-0.25, -0.2) is 14.8 Å². The van der Waals surface area contributed by atoms with Crippen LogP contribution >= 0.6 is 0 Å². The third-order valence-corrected chi connectivity index (χ3v) is 6.54. The lowest BCUT2D eigenvalue weighted by molar-refractivity contribution is 0.0189. The van der Waals surface area contributed by atoms with Gasteiger partial charge < -0.3 is 24.7 Å². The van der Waals surface area contributed by atoms with Gasteiger partial charge in [0, 0.05) is 30.9 Å². The van der Waals surface area contributed by atoms with Crippen molar-refractivity contribution in [3.8, 4) is 16.9 Å². The average Bonchev–Trinajstić information content (AvgIpc) is 3.28. The maximum atomic E-state index is 12.5. The van der Waals surface area contributed by atoms with Gasteiger partial charge in [0.15, 0.2) is 0 Å². The van der Waals surface area contributed by atoms with Gasteiger partial charge in [-0.15, -0.1) is 0 Å². The number of anilines is 1. The van der Waals surface area contributed by atoms with Crippen molar-refractivity contribution in [1.29, 1.82) is 0 Å². The molecular formula is C29H33N5O3. The molecular weight excluding hydrogens is 466 g/mol. The van der Waals surface area contributed by atoms with Crippen molar-refractivity contribution in [2.75, 3.05) is 18.8 Å². The molecule has 1 saturated heterocycles. The molecule has 0 bridgehead atoms. The van der Waals surface area contributed by atoms with Crippen molar-refractivity contribution >= 4 is 22.9 Å². The van der Waals surface area contributed by atoms with Crippen molar-refractivity contribution in [2.24, 2.45) is 0 Å². The number of rotatable bonds is 5. The Kier molecular flexibility index (Phi) is 6.74. The summed E-state index contributed by atoms with van der Waals surface area (Å²) in [5.74, 6) is 1.23. The van der Waals surface area contributed by atoms with Crippen LogP contribution in [0, 0.1) is 0 Å². The first kappa shape index (κ1) is 24.6. The van der Waals surface area contributed by atoms with Gasteiger partial charge in [-0.3, -0.25) is 0 Å². The predicted molar refractivity (Wildman–Crippen MR) is 144 cm³/mol. The molecule has 1 fully saturated rings. The normalized spacial score (nSPS) is 14.6. The Balaban J connectivity index is 1.39. The number of likely N-dealkylation sites (tertiary alicyclic amines) is 1. The Hall–Kier alpha value is -4.07. The molecule has 37 heavy (non-hydrogen) atoms. The molecule has 2 aromatic heterocycles. The highest BCUT2D eigenvalue weighted by atomic mass is 16.6. The van der Waals surface area contributed by atoms with Gasteiger partial charge >= 0.3 is 6.09 Å². The summed E-state index contributed by atoms with van der Waals surface area (Å²) in [4.78, 5) is 23.2. The molecule has 1 amide bonds. The van der Waals surface area contributed by atoms with Gasteiger partial charge in [-0.2, -0.15) is 0 Å². The van der Waals surface area contributed by atoms with E-state index < -0.39 is 5.60 Å². The quantitative estimate of drug-likeness (QED) is 0.371. The lowest BCUT2D eigenvalue weighted by Gasteiger charge is -2.34. The SMILES string of the molecule is CC(C)(C)OC(=O)N1CCC(n2cc(-c3cccc(OCc4ccccc4)c3)c3c(N)ncnc32)CC1. The lowest BCUT2D eigenvalue weighted by atomic mass is 10.1. The first-order valence-corrected chi connectivity index (χ1v) is 12.6. The van der Waals surface area contributed by atoms with E-state index in [9.17, 15) is 4.79 Å². The van der Waals surface area contributed by atoms with Crippen LogP contribution < -0.4 is 10.5 Å². The molecule has 4 aromatic rings. The summed E-state index contributed by atoms with van der Waals surface area (Å²) in [6.45, 7) is 7.40. The highest BCUT2D eigenvalue weighted by molar-refractivity contribution is 6.00. The first-order chi connectivity index (χ1) is 17.8. The van der Waals surface area contributed by atoms with Crippen molar-refractivity contribution < 1.29 is 14.3 Å². The van der Waals surface area contributed by atoms with Crippen LogP contribution in [0.2, 0.25) is 0 Å². The molecule has 0 saturated carbocycles. The molecule has 0 unspecified atom stereocenters. The zero-order valence-electron chi connectivity index (χ0n) is 21.6. The van der Waals surface area contributed by atoms with E-state index in [4.69, 9.17) is 15.2 Å². The minimum absolute atomic E-state index is 0.182. The molecule has 1 aliphatic heterocycles. The fraction of sp³-hybridized carbons (Fsp3) is 0.345. The minimum atomic E-state index is -0.507. The second-order valence-corrected chi connectivity index (χ2v) is 10.4. The van der Waals surface area contributed by atoms with Gasteiger partial charge in [0.2, 0.25) is 0 Å². The van der Waals surface area contributed by atoms with Gasteiger partial charge in [0.25, 0.3) is 0 Å². The van der Waals surface area contributed by atoms with E-state index in [1.807, 2.05) is 75.4 Å². The van der Waals surface area contributed by atoms with Crippen molar-refractivity contribution in [1.82, 2.24) is 19.4 Å². The van der Waals surface area contributed by atoms with E-state index in [1.54, 1.807) is 4.90 Å². The summed E-state index contributed by atoms with van der Waals surface area (Å²) < 4.78 is 13.8. The highest BCUT2D eigenvalue weighted by Gasteiger charge is 2.29. The molecule has 2 aromatic carbocycles. The number of ether oxygens (including phenoxy) is 2. The van der Waals surface area contributed by atoms with E-state index in [-0.39, 0.29) is 12.1 Å². The van der Waals surface area contributed by atoms with Crippen LogP contribution in [0.4, 0.5) is 10.6 Å². The van der Waals surface area contributed by atoms with E-state index in [1.165, 1.54) is 6.33 Å². The third kappa shape index (κ3) is 5.53. The molecule has 0 atom stereocenters. The minimum Gasteiger partial charge on any atom is -0.489 e. The summed E-state index contributed by atoms with van der Waals surface area (Å²) in [6, 6.07) is 18.3. The first-order valence-electron chi connectivity index (χ1n) is 12.6. The molecule has 8 heteroatoms. The topological polar surface area (TPSA) is 95.5 Å². The molecule has 2 N–H and O–H groups in total. The number of fused-ring (bicyclic) bond motifs is 1. The van der Waals surface area contributed by atoms with Gasteiger partial charge in [-0.1, -0.05) is 42.5 Å². The van der Waals surface area contributed by atoms with E-state index >= 15 is 0 Å². The smallest absolute Gasteiger partial charge is 0.410 e. The van der Waals surface area contributed by atoms with Gasteiger partial charge in [0.05, 0.1) is 5.39 Å². The molecule has 0 radical (unpaired) electrons. The number of aromatic nitrogens is 3. The molecule has 0 aliphatic carbocycles. The number of nitrogens with two attached hydrogens (primary N) is 1. The average molecular weight is 500 g/mol. The number of hydrogen-bond donors (Lipinski definition) is 1. The zero-order valence-corrected chi connectivity index (χ0v) is 21.6. The van der Waals surface area contributed by atoms with E-state index in [0.29, 0.717) is 25.5 Å². The third-order valence-electron chi connectivity index (χ3n) is 6.54. The number of benzene rings is 2. The monoisotopic (exact) mass is 499 g/mol. The number of hydrogen-bond acceptors (Lipinski definition) is 6. The van der Waals surface area contributed by atoms with E-state index in [0.717, 1.165) is 46.3 Å². The molecule has 1 aliphatic rings. The van der Waals surface area contributed by atoms with Crippen LogP contribution in [-0.2, 0) is 11.3 Å². The largest absolute Gasteiger partial charge is 0.489 e. The highest BCUT2D eigenvalue weighted by Crippen LogP contribution is 2.37. The Labute approximate surface area is 217 Å². The maximum Gasteiger partial charge on any atom is 0.410 e. The Morgan fingerprint density at radius 2 is 1.81 bits per heavy atom. The summed E-state index contributed by atoms with van der Waals surface area (Å²) >= 11 is 0. The molecule has 192 valence electrons. The fourth-order valence-electron chi connectivity index (χ4n) is 4.75. The number of nitrogen functional groups attached to an aromatic ring is 1. The van der Waals surface area contributed by atoms with Crippen molar-refractivity contribution in [3.05, 3.63) is 72.7 Å². The number of carbonyl (C=O) groups excluding carboxylic acids is 1. The fourth-order valence-corrected chi connectivity index (χ4v) is 4.75. The Morgan fingerprint density at radius 3 is 2.54 bits per heavy atom. The van der Waals surface area contributed by atoms with Crippen LogP contribution in [0.15, 0.2) is 67.1 Å². The molecule has 5 rings (SSSR count). The standard InChI is InChI=1S/C29H33N5O3/c1-29(2,3)37-28(35)33-14-12-22(13-15-33)34-17-24(25-26(30)31-19-32-27(25)34)21-10-7-11-23(16-21)36-18-20-8-5-4-6-9-20/h4-11,16-17,19,22H,12-15,18H2,1-3H3,(H2,30,31,32). The predicted octanol–water partition coefficient (Wildman–Crippen LogP) is 5.83. The summed E-state index contributed by atoms with van der Waals surface area (Å²) in [6.07, 6.45) is 4.95. The second kappa shape index (κ2) is 10.1. The van der Waals surface area contributed by atoms with Crippen molar-refractivity contribution in [2.45, 2.75) is 51.9 Å². The molecule has 0 spiro atoms. The van der Waals surface area contributed by atoms with Crippen LogP contribution in [0.5, 0.6) is 5.75 Å². The van der Waals surface area contributed by atoms with Crippen LogP contribution in [0.25, 0.3) is 22.2 Å². The summed E-state index contributed by atoms with van der Waals surface area (Å²) in [5, 5.41) is 0.831. The lowest BCUT2D eigenvalue weighted by Crippen LogP contribution is -2.42. The summed E-state index contributed by atoms with van der Waals surface area (Å²) in [7, 11) is 0. The van der Waals surface area contributed by atoms with Crippen LogP contribution in [-0.4, -0.2) is 44.2 Å². The van der Waals surface area contributed by atoms with Gasteiger partial charge in [-0.05, 0) is 56.9 Å². The maximum absolute atomic E-state index is 12.5. The van der Waals surface area contributed by atoms with Gasteiger partial charge in [0.1, 0.15) is 35.7 Å². The summed E-state index contributed by atoms with van der Waals surface area (Å²) in [5.41, 5.74) is 9.72. The number of amides is 1. The Morgan fingerprint density at radius 1 is 1.05 bits per heavy atom. The van der Waals surface area contributed by atoms with Crippen LogP contribution in [0.3, 0.4) is 0 Å². The second-order valence-electron chi connectivity index (χ2n) is 10.4. The zero-order chi connectivity index (χ0) is 26.0. The molecule has 8 nitrogen and oxygen atoms in total. The van der Waals surface area contributed by atoms with E-state index in [2.05, 4.69) is 20.7 Å². The van der Waals surface area contributed by atoms with Crippen LogP contribution in [0.1, 0.15) is 45.2 Å². The number of nitrogens with zero attached hydrogens (tertiary/aromatic N) is 4. The Bertz CT molecular complexity index is 1390. The number of carbonyl (C=O) groups is 1. The van der Waals surface area contributed by atoms with Crippen molar-refractivity contribution in [3.63, 3.8) is 0 Å². The molecule has 3 heterocycles. The number of piperidine rings is 1.